The molecule has 0 saturated carbocycles. The molecule has 1 aromatic rings. The number of hydrogen-bond acceptors (Lipinski definition) is 4. The van der Waals surface area contributed by atoms with Crippen molar-refractivity contribution >= 4 is 29.1 Å². The summed E-state index contributed by atoms with van der Waals surface area (Å²) in [4.78, 5) is 12.1. The Morgan fingerprint density at radius 3 is 3.06 bits per heavy atom. The Kier molecular flexibility index (Phi) is 3.83. The summed E-state index contributed by atoms with van der Waals surface area (Å²) in [5.74, 6) is 0.0663. The van der Waals surface area contributed by atoms with Crippen molar-refractivity contribution in [3.8, 4) is 11.2 Å². The molecule has 1 rings (SSSR count). The molecule has 0 aromatic heterocycles. The lowest BCUT2D eigenvalue weighted by Gasteiger charge is -2.11. The second-order valence-electron chi connectivity index (χ2n) is 3.43. The Bertz CT molecular complexity index is 534. The van der Waals surface area contributed by atoms with E-state index >= 15 is 0 Å². The van der Waals surface area contributed by atoms with Crippen LogP contribution in [0.5, 0.6) is 5.75 Å². The molecular weight excluding hydrogens is 259 g/mol. The normalized spacial score (nSPS) is 13.6. The molecule has 1 aromatic carbocycles. The topological polar surface area (TPSA) is 50.1 Å². The number of thioether (sulfide) groups is 1. The molecule has 0 saturated heterocycles. The van der Waals surface area contributed by atoms with E-state index in [2.05, 4.69) is 0 Å². The molecule has 0 radical (unpaired) electrons. The van der Waals surface area contributed by atoms with Crippen molar-refractivity contribution < 1.29 is 13.7 Å². The molecule has 92 valence electrons. The summed E-state index contributed by atoms with van der Waals surface area (Å²) in [5.41, 5.74) is 0.930. The molecule has 3 nitrogen and oxygen atoms in total. The number of thiocyanates is 1. The van der Waals surface area contributed by atoms with Crippen molar-refractivity contribution in [3.05, 3.63) is 28.3 Å². The zero-order valence-corrected chi connectivity index (χ0v) is 10.9. The van der Waals surface area contributed by atoms with Crippen LogP contribution in [0.2, 0.25) is 5.02 Å². The van der Waals surface area contributed by atoms with E-state index in [1.165, 1.54) is 6.07 Å². The number of ether oxygens (including phenoxy) is 1. The summed E-state index contributed by atoms with van der Waals surface area (Å²) in [6.45, 7) is 3.34. The fourth-order valence-electron chi connectivity index (χ4n) is 1.33. The molecule has 17 heavy (non-hydrogen) atoms. The Hall–Kier alpha value is -1.18. The lowest BCUT2D eigenvalue weighted by atomic mass is 10.1. The number of hydrogen-bond donors (Lipinski definition) is 0. The van der Waals surface area contributed by atoms with E-state index in [0.717, 1.165) is 11.8 Å². The lowest BCUT2D eigenvalue weighted by molar-refractivity contribution is 0.0994. The van der Waals surface area contributed by atoms with Gasteiger partial charge in [-0.05, 0) is 43.3 Å². The van der Waals surface area contributed by atoms with E-state index in [4.69, 9.17) is 24.3 Å². The van der Waals surface area contributed by atoms with E-state index in [1.54, 1.807) is 19.9 Å². The van der Waals surface area contributed by atoms with Gasteiger partial charge in [0.25, 0.3) is 0 Å². The van der Waals surface area contributed by atoms with Crippen molar-refractivity contribution in [1.82, 2.24) is 0 Å². The van der Waals surface area contributed by atoms with Gasteiger partial charge in [0.1, 0.15) is 11.2 Å². The first kappa shape index (κ1) is 10.9. The maximum atomic E-state index is 12.1. The van der Waals surface area contributed by atoms with Gasteiger partial charge in [0.15, 0.2) is 5.78 Å². The van der Waals surface area contributed by atoms with Crippen LogP contribution < -0.4 is 4.74 Å². The van der Waals surface area contributed by atoms with Gasteiger partial charge < -0.3 is 4.74 Å². The van der Waals surface area contributed by atoms with Gasteiger partial charge in [0.05, 0.1) is 20.1 Å². The van der Waals surface area contributed by atoms with Crippen LogP contribution in [0.1, 0.15) is 27.0 Å². The molecule has 0 aliphatic heterocycles. The number of carbonyl (C=O) groups excluding carboxylic acids is 1. The number of rotatable bonds is 4. The zero-order chi connectivity index (χ0) is 14.6. The Labute approximate surface area is 114 Å². The number of ketones is 1. The molecule has 1 unspecified atom stereocenters. The number of nitriles is 1. The highest BCUT2D eigenvalue weighted by Crippen LogP contribution is 2.29. The summed E-state index contributed by atoms with van der Waals surface area (Å²) in [7, 11) is -1.45. The van der Waals surface area contributed by atoms with Crippen LogP contribution >= 0.6 is 23.4 Å². The van der Waals surface area contributed by atoms with Gasteiger partial charge in [0.2, 0.25) is 0 Å². The van der Waals surface area contributed by atoms with Gasteiger partial charge in [-0.1, -0.05) is 11.6 Å². The first-order chi connectivity index (χ1) is 8.86. The summed E-state index contributed by atoms with van der Waals surface area (Å²) in [6.07, 6.45) is 0. The highest BCUT2D eigenvalue weighted by atomic mass is 35.5. The van der Waals surface area contributed by atoms with E-state index in [-0.39, 0.29) is 12.2 Å². The van der Waals surface area contributed by atoms with Crippen LogP contribution in [0, 0.1) is 17.6 Å². The van der Waals surface area contributed by atoms with Crippen LogP contribution in [-0.2, 0) is 0 Å². The number of Topliss-reactive ketones (excluding diaryl/α,β-unsaturated/α-hetero) is 1. The number of carbonyl (C=O) groups is 1. The average molecular weight is 276 g/mol. The van der Waals surface area contributed by atoms with Crippen molar-refractivity contribution in [3.63, 3.8) is 0 Å². The minimum absolute atomic E-state index is 0. The highest BCUT2D eigenvalue weighted by Gasteiger charge is 2.19. The number of methoxy groups -OCH3 is 1. The van der Waals surface area contributed by atoms with Gasteiger partial charge in [-0.2, -0.15) is 5.26 Å². The highest BCUT2D eigenvalue weighted by molar-refractivity contribution is 8.04. The van der Waals surface area contributed by atoms with Gasteiger partial charge in [-0.15, -0.1) is 0 Å². The predicted molar refractivity (Wildman–Crippen MR) is 71.9 cm³/mol. The fourth-order valence-corrected chi connectivity index (χ4v) is 1.97. The fraction of sp³-hybridized carbons (Fsp3) is 0.333. The molecule has 0 bridgehead atoms. The van der Waals surface area contributed by atoms with Crippen LogP contribution in [0.4, 0.5) is 0 Å². The van der Waals surface area contributed by atoms with Crippen LogP contribution in [-0.4, -0.2) is 18.1 Å². The first-order valence-electron chi connectivity index (χ1n) is 5.92. The lowest BCUT2D eigenvalue weighted by Crippen LogP contribution is -2.13. The van der Waals surface area contributed by atoms with Crippen molar-refractivity contribution in [2.45, 2.75) is 19.1 Å². The van der Waals surface area contributed by atoms with Crippen molar-refractivity contribution in [1.29, 1.82) is 5.26 Å². The van der Waals surface area contributed by atoms with E-state index in [9.17, 15) is 4.79 Å². The van der Waals surface area contributed by atoms with E-state index < -0.39 is 12.3 Å². The van der Waals surface area contributed by atoms with E-state index in [0.29, 0.717) is 16.9 Å². The largest absolute Gasteiger partial charge is 0.496 e. The summed E-state index contributed by atoms with van der Waals surface area (Å²) < 4.78 is 19.0. The average Bonchev–Trinajstić information content (AvgIpc) is 2.32. The Morgan fingerprint density at radius 1 is 1.76 bits per heavy atom. The molecule has 0 N–H and O–H groups in total. The maximum absolute atomic E-state index is 12.1. The second kappa shape index (κ2) is 5.95. The molecule has 5 heteroatoms. The standard InChI is InChI=1S/C12H12ClNO2S.H2/c1-7-4-9(10(13)5-11(7)16-3)12(15)8(2)17-6-14;/h4-5,8H,1-3H3;1H/i3+1D2;1+1. The molecule has 1 atom stereocenters. The number of aryl methyl sites for hydroxylation is 1. The minimum atomic E-state index is -1.45. The van der Waals surface area contributed by atoms with E-state index in [1.807, 2.05) is 5.40 Å². The quantitative estimate of drug-likeness (QED) is 0.478. The summed E-state index contributed by atoms with van der Waals surface area (Å²) >= 11 is 6.88. The van der Waals surface area contributed by atoms with Gasteiger partial charge in [-0.25, -0.2) is 0 Å². The molecule has 0 aliphatic carbocycles. The first-order valence-corrected chi connectivity index (χ1v) is 6.02. The smallest absolute Gasteiger partial charge is 0.178 e. The second-order valence-corrected chi connectivity index (χ2v) is 4.96. The van der Waals surface area contributed by atoms with Crippen molar-refractivity contribution in [2.24, 2.45) is 0 Å². The Morgan fingerprint density at radius 2 is 2.47 bits per heavy atom. The molecular formula is C12H14ClNO2S. The molecule has 0 amide bonds. The van der Waals surface area contributed by atoms with Crippen LogP contribution in [0.25, 0.3) is 0 Å². The van der Waals surface area contributed by atoms with Crippen LogP contribution in [0.15, 0.2) is 12.1 Å². The third kappa shape index (κ3) is 3.15. The predicted octanol–water partition coefficient (Wildman–Crippen LogP) is 3.69. The summed E-state index contributed by atoms with van der Waals surface area (Å²) in [5, 5.41) is 10.1. The Balaban J connectivity index is 0.00000361. The summed E-state index contributed by atoms with van der Waals surface area (Å²) in [6, 6.07) is 2.97. The monoisotopic (exact) mass is 275 g/mol. The number of halogens is 1. The van der Waals surface area contributed by atoms with Gasteiger partial charge >= 0.3 is 0 Å². The van der Waals surface area contributed by atoms with Gasteiger partial charge in [-0.3, -0.25) is 4.79 Å². The molecule has 0 spiro atoms. The molecule has 0 aliphatic rings. The van der Waals surface area contributed by atoms with Gasteiger partial charge in [0, 0.05) is 6.99 Å². The van der Waals surface area contributed by atoms with Crippen LogP contribution in [0.3, 0.4) is 0 Å². The minimum Gasteiger partial charge on any atom is -0.496 e. The molecule has 0 fully saturated rings. The third-order valence-electron chi connectivity index (χ3n) is 2.26. The zero-order valence-electron chi connectivity index (χ0n) is 11.4. The number of benzene rings is 1. The maximum Gasteiger partial charge on any atom is 0.178 e. The number of nitrogens with zero attached hydrogens (tertiary/aromatic N) is 1. The third-order valence-corrected chi connectivity index (χ3v) is 3.24. The molecule has 0 heterocycles. The SMILES string of the molecule is [2HH].[2H][13CH]([2H])Oc1cc(Cl)c(C(=O)C(C)SC#N)cc1C. The van der Waals surface area contributed by atoms with Crippen molar-refractivity contribution in [2.75, 3.05) is 7.06 Å².